The van der Waals surface area contributed by atoms with E-state index in [1.165, 1.54) is 7.11 Å². The van der Waals surface area contributed by atoms with Crippen molar-refractivity contribution in [3.8, 4) is 5.75 Å². The maximum Gasteiger partial charge on any atom is 0.408 e. The zero-order valence-corrected chi connectivity index (χ0v) is 21.7. The van der Waals surface area contributed by atoms with Crippen molar-refractivity contribution < 1.29 is 32.9 Å². The van der Waals surface area contributed by atoms with E-state index in [4.69, 9.17) is 18.7 Å². The molecular weight excluding hydrogens is 495 g/mol. The molecule has 2 N–H and O–H groups in total. The van der Waals surface area contributed by atoms with Gasteiger partial charge in [0, 0.05) is 0 Å². The molecule has 0 fully saturated rings. The predicted molar refractivity (Wildman–Crippen MR) is 139 cm³/mol. The molecule has 2 unspecified atom stereocenters. The molecule has 0 saturated carbocycles. The lowest BCUT2D eigenvalue weighted by Gasteiger charge is -2.29. The van der Waals surface area contributed by atoms with Crippen LogP contribution in [-0.2, 0) is 36.6 Å². The fraction of sp³-hybridized carbons (Fsp3) is 0.259. The number of methoxy groups -OCH3 is 1. The van der Waals surface area contributed by atoms with Crippen LogP contribution in [0.3, 0.4) is 0 Å². The highest BCUT2D eigenvalue weighted by Crippen LogP contribution is 2.55. The monoisotopic (exact) mass is 526 g/mol. The zero-order chi connectivity index (χ0) is 26.5. The second kappa shape index (κ2) is 14.2. The van der Waals surface area contributed by atoms with Gasteiger partial charge in [-0.25, -0.2) is 9.88 Å². The number of hydrogen-bond donors (Lipinski definition) is 2. The number of ether oxygens (including phenoxy) is 3. The van der Waals surface area contributed by atoms with Crippen LogP contribution in [0, 0.1) is 0 Å². The molecule has 2 atom stereocenters. The molecule has 3 rings (SSSR count). The summed E-state index contributed by atoms with van der Waals surface area (Å²) in [7, 11) is -2.44. The first-order chi connectivity index (χ1) is 17.9. The van der Waals surface area contributed by atoms with Gasteiger partial charge in [0.05, 0.1) is 20.3 Å². The van der Waals surface area contributed by atoms with Crippen LogP contribution in [0.15, 0.2) is 84.9 Å². The third kappa shape index (κ3) is 8.75. The Labute approximate surface area is 216 Å². The largest absolute Gasteiger partial charge is 0.497 e. The van der Waals surface area contributed by atoms with E-state index in [2.05, 4.69) is 10.4 Å². The number of alkyl carbamates (subject to hydrolysis) is 1. The normalized spacial score (nSPS) is 13.1. The number of amides is 1. The van der Waals surface area contributed by atoms with Crippen LogP contribution in [0.25, 0.3) is 0 Å². The van der Waals surface area contributed by atoms with Crippen LogP contribution in [0.5, 0.6) is 5.75 Å². The zero-order valence-electron chi connectivity index (χ0n) is 20.8. The van der Waals surface area contributed by atoms with Gasteiger partial charge in [-0.15, -0.1) is 0 Å². The Kier molecular flexibility index (Phi) is 10.7. The van der Waals surface area contributed by atoms with Crippen molar-refractivity contribution in [1.82, 2.24) is 10.4 Å². The lowest BCUT2D eigenvalue weighted by atomic mass is 10.2. The summed E-state index contributed by atoms with van der Waals surface area (Å²) in [5, 5.41) is 5.38. The quantitative estimate of drug-likeness (QED) is 0.231. The summed E-state index contributed by atoms with van der Waals surface area (Å²) in [6.45, 7) is 1.46. The summed E-state index contributed by atoms with van der Waals surface area (Å²) in [4.78, 5) is 24.9. The summed E-state index contributed by atoms with van der Waals surface area (Å²) in [5.41, 5.74) is 2.02. The lowest BCUT2D eigenvalue weighted by Crippen LogP contribution is -2.35. The maximum atomic E-state index is 14.3. The highest BCUT2D eigenvalue weighted by molar-refractivity contribution is 7.57. The first-order valence-corrected chi connectivity index (χ1v) is 13.4. The molecule has 10 heteroatoms. The van der Waals surface area contributed by atoms with Crippen molar-refractivity contribution >= 4 is 19.6 Å². The van der Waals surface area contributed by atoms with Crippen molar-refractivity contribution in [3.63, 3.8) is 0 Å². The number of rotatable bonds is 13. The van der Waals surface area contributed by atoms with E-state index in [-0.39, 0.29) is 26.4 Å². The first kappa shape index (κ1) is 27.9. The number of nitrogens with one attached hydrogen (secondary N) is 2. The van der Waals surface area contributed by atoms with Crippen LogP contribution in [0.4, 0.5) is 4.79 Å². The SMILES string of the molecule is CCOC(=O)CNP(=O)(OCc1ccccc1)C(NC(=O)OCc1ccccc1)c1ccc(OC)cc1. The van der Waals surface area contributed by atoms with Crippen molar-refractivity contribution in [2.75, 3.05) is 20.3 Å². The molecule has 0 aliphatic rings. The molecule has 0 aliphatic heterocycles. The molecule has 9 nitrogen and oxygen atoms in total. The second-order valence-electron chi connectivity index (χ2n) is 7.88. The van der Waals surface area contributed by atoms with Gasteiger partial charge in [0.25, 0.3) is 7.52 Å². The summed E-state index contributed by atoms with van der Waals surface area (Å²) in [5.74, 6) is -1.21. The van der Waals surface area contributed by atoms with Crippen LogP contribution in [-0.4, -0.2) is 32.3 Å². The number of carbonyl (C=O) groups is 2. The minimum absolute atomic E-state index is 0.0213. The molecule has 0 spiro atoms. The molecule has 0 aromatic heterocycles. The van der Waals surface area contributed by atoms with Gasteiger partial charge in [-0.1, -0.05) is 72.8 Å². The Morgan fingerprint density at radius 2 is 1.43 bits per heavy atom. The Morgan fingerprint density at radius 1 is 0.838 bits per heavy atom. The van der Waals surface area contributed by atoms with Crippen molar-refractivity contribution in [2.45, 2.75) is 25.9 Å². The van der Waals surface area contributed by atoms with Crippen molar-refractivity contribution in [3.05, 3.63) is 102 Å². The van der Waals surface area contributed by atoms with Crippen LogP contribution < -0.4 is 15.1 Å². The van der Waals surface area contributed by atoms with Gasteiger partial charge < -0.3 is 24.1 Å². The highest BCUT2D eigenvalue weighted by Gasteiger charge is 2.38. The molecule has 0 heterocycles. The second-order valence-corrected chi connectivity index (χ2v) is 10.2. The average Bonchev–Trinajstić information content (AvgIpc) is 2.94. The highest BCUT2D eigenvalue weighted by atomic mass is 31.2. The average molecular weight is 527 g/mol. The van der Waals surface area contributed by atoms with E-state index in [9.17, 15) is 14.2 Å². The molecule has 1 amide bonds. The van der Waals surface area contributed by atoms with Gasteiger partial charge in [0.1, 0.15) is 24.7 Å². The third-order valence-electron chi connectivity index (χ3n) is 5.25. The molecule has 3 aromatic carbocycles. The standard InChI is InChI=1S/C27H31N2O7P/c1-3-34-25(30)18-28-37(32,36-20-22-12-8-5-9-13-22)26(23-14-16-24(33-2)17-15-23)29-27(31)35-19-21-10-6-4-7-11-21/h4-17,26H,3,18-20H2,1-2H3,(H,28,32)(H,29,31). The van der Waals surface area contributed by atoms with E-state index < -0.39 is 25.4 Å². The molecule has 37 heavy (non-hydrogen) atoms. The molecule has 0 aliphatic carbocycles. The minimum atomic E-state index is -3.97. The fourth-order valence-electron chi connectivity index (χ4n) is 3.37. The maximum absolute atomic E-state index is 14.3. The van der Waals surface area contributed by atoms with E-state index in [0.29, 0.717) is 11.3 Å². The Morgan fingerprint density at radius 3 is 2.00 bits per heavy atom. The van der Waals surface area contributed by atoms with Gasteiger partial charge in [0.15, 0.2) is 0 Å². The Balaban J connectivity index is 1.88. The van der Waals surface area contributed by atoms with Crippen molar-refractivity contribution in [1.29, 1.82) is 0 Å². The molecular formula is C27H31N2O7P. The van der Waals surface area contributed by atoms with Gasteiger partial charge >= 0.3 is 12.1 Å². The van der Waals surface area contributed by atoms with Gasteiger partial charge in [-0.3, -0.25) is 9.36 Å². The van der Waals surface area contributed by atoms with Crippen LogP contribution >= 0.6 is 7.52 Å². The van der Waals surface area contributed by atoms with E-state index in [0.717, 1.165) is 11.1 Å². The topological polar surface area (TPSA) is 112 Å². The van der Waals surface area contributed by atoms with Gasteiger partial charge in [-0.2, -0.15) is 0 Å². The third-order valence-corrected chi connectivity index (χ3v) is 7.47. The molecule has 196 valence electrons. The number of hydrogen-bond acceptors (Lipinski definition) is 7. The van der Waals surface area contributed by atoms with Gasteiger partial charge in [0.2, 0.25) is 0 Å². The van der Waals surface area contributed by atoms with Crippen LogP contribution in [0.1, 0.15) is 29.4 Å². The van der Waals surface area contributed by atoms with Gasteiger partial charge in [-0.05, 0) is 35.7 Å². The minimum Gasteiger partial charge on any atom is -0.497 e. The molecule has 3 aromatic rings. The van der Waals surface area contributed by atoms with Crippen LogP contribution in [0.2, 0.25) is 0 Å². The van der Waals surface area contributed by atoms with E-state index in [1.54, 1.807) is 31.2 Å². The number of carbonyl (C=O) groups excluding carboxylic acids is 2. The Bertz CT molecular complexity index is 1170. The Hall–Kier alpha value is -3.65. The summed E-state index contributed by atoms with van der Waals surface area (Å²) < 4.78 is 35.8. The molecule has 0 bridgehead atoms. The van der Waals surface area contributed by atoms with E-state index in [1.807, 2.05) is 60.7 Å². The predicted octanol–water partition coefficient (Wildman–Crippen LogP) is 5.18. The summed E-state index contributed by atoms with van der Waals surface area (Å²) in [6, 6.07) is 25.0. The molecule has 0 saturated heterocycles. The molecule has 0 radical (unpaired) electrons. The lowest BCUT2D eigenvalue weighted by molar-refractivity contribution is -0.141. The van der Waals surface area contributed by atoms with Crippen molar-refractivity contribution in [2.24, 2.45) is 0 Å². The summed E-state index contributed by atoms with van der Waals surface area (Å²) in [6.07, 6.45) is -0.800. The smallest absolute Gasteiger partial charge is 0.408 e. The first-order valence-electron chi connectivity index (χ1n) is 11.7. The number of esters is 1. The fourth-order valence-corrected chi connectivity index (χ4v) is 5.32. The number of benzene rings is 3. The van der Waals surface area contributed by atoms with E-state index >= 15 is 0 Å². The summed E-state index contributed by atoms with van der Waals surface area (Å²) >= 11 is 0.